The van der Waals surface area contributed by atoms with Crippen molar-refractivity contribution in [1.82, 2.24) is 19.7 Å². The van der Waals surface area contributed by atoms with Gasteiger partial charge >= 0.3 is 5.69 Å². The zero-order chi connectivity index (χ0) is 20.7. The minimum atomic E-state index is -0.285. The number of hydrogen-bond acceptors (Lipinski definition) is 3. The van der Waals surface area contributed by atoms with Crippen LogP contribution in [0, 0.1) is 17.7 Å². The fourth-order valence-corrected chi connectivity index (χ4v) is 4.25. The molecule has 1 N–H and O–H groups in total. The Hall–Kier alpha value is -3.22. The summed E-state index contributed by atoms with van der Waals surface area (Å²) in [5, 5.41) is 6.79. The number of halogens is 1. The van der Waals surface area contributed by atoms with Gasteiger partial charge in [-0.1, -0.05) is 24.3 Å². The smallest absolute Gasteiger partial charge is 0.342 e. The Morgan fingerprint density at radius 3 is 2.63 bits per heavy atom. The van der Waals surface area contributed by atoms with Crippen LogP contribution < -0.4 is 5.69 Å². The Morgan fingerprint density at radius 1 is 1.10 bits per heavy atom. The first kappa shape index (κ1) is 18.8. The van der Waals surface area contributed by atoms with Crippen molar-refractivity contribution in [2.45, 2.75) is 25.7 Å². The molecule has 7 heteroatoms. The standard InChI is InChI=1S/C23H23FN4O2/c24-19-3-1-2-18(13-19)16-6-8-20(9-7-16)28-21(25-26-23(28)30)12-15-10-11-27(14-15)22(29)17-4-5-17/h1-3,6-9,13,15,17H,4-5,10-12,14H2,(H,26,30)/t15-/m0/s1. The minimum Gasteiger partial charge on any atom is -0.342 e. The van der Waals surface area contributed by atoms with Gasteiger partial charge in [0.25, 0.3) is 0 Å². The molecule has 154 valence electrons. The number of rotatable bonds is 5. The van der Waals surface area contributed by atoms with Crippen molar-refractivity contribution in [1.29, 1.82) is 0 Å². The van der Waals surface area contributed by atoms with Crippen molar-refractivity contribution in [3.8, 4) is 16.8 Å². The van der Waals surface area contributed by atoms with E-state index in [1.165, 1.54) is 12.1 Å². The van der Waals surface area contributed by atoms with Crippen LogP contribution in [-0.2, 0) is 11.2 Å². The van der Waals surface area contributed by atoms with Gasteiger partial charge < -0.3 is 4.90 Å². The molecule has 1 aromatic heterocycles. The molecular formula is C23H23FN4O2. The molecule has 1 atom stereocenters. The quantitative estimate of drug-likeness (QED) is 0.708. The van der Waals surface area contributed by atoms with E-state index in [1.54, 1.807) is 10.6 Å². The third kappa shape index (κ3) is 3.67. The fraction of sp³-hybridized carbons (Fsp3) is 0.348. The number of hydrogen-bond donors (Lipinski definition) is 1. The summed E-state index contributed by atoms with van der Waals surface area (Å²) in [5.41, 5.74) is 2.09. The SMILES string of the molecule is O=C(C1CC1)N1CC[C@@H](Cc2n[nH]c(=O)n2-c2ccc(-c3cccc(F)c3)cc2)C1. The fourth-order valence-electron chi connectivity index (χ4n) is 4.25. The molecule has 1 aliphatic heterocycles. The zero-order valence-corrected chi connectivity index (χ0v) is 16.6. The lowest BCUT2D eigenvalue weighted by molar-refractivity contribution is -0.131. The Bertz CT molecular complexity index is 1130. The largest absolute Gasteiger partial charge is 0.347 e. The molecule has 6 nitrogen and oxygen atoms in total. The molecular weight excluding hydrogens is 383 g/mol. The maximum atomic E-state index is 13.5. The highest BCUT2D eigenvalue weighted by molar-refractivity contribution is 5.81. The first-order valence-electron chi connectivity index (χ1n) is 10.4. The first-order valence-corrected chi connectivity index (χ1v) is 10.4. The number of aromatic amines is 1. The number of nitrogens with zero attached hydrogens (tertiary/aromatic N) is 3. The summed E-state index contributed by atoms with van der Waals surface area (Å²) in [7, 11) is 0. The third-order valence-corrected chi connectivity index (χ3v) is 6.02. The molecule has 2 heterocycles. The highest BCUT2D eigenvalue weighted by atomic mass is 19.1. The van der Waals surface area contributed by atoms with Crippen molar-refractivity contribution in [2.75, 3.05) is 13.1 Å². The number of benzene rings is 2. The molecule has 30 heavy (non-hydrogen) atoms. The number of carbonyl (C=O) groups excluding carboxylic acids is 1. The van der Waals surface area contributed by atoms with E-state index in [0.717, 1.165) is 43.5 Å². The number of carbonyl (C=O) groups is 1. The molecule has 3 aromatic rings. The van der Waals surface area contributed by atoms with Gasteiger partial charge in [-0.25, -0.2) is 18.9 Å². The summed E-state index contributed by atoms with van der Waals surface area (Å²) in [6.07, 6.45) is 3.60. The molecule has 1 saturated carbocycles. The van der Waals surface area contributed by atoms with E-state index >= 15 is 0 Å². The first-order chi connectivity index (χ1) is 14.6. The van der Waals surface area contributed by atoms with E-state index in [-0.39, 0.29) is 23.3 Å². The number of aromatic nitrogens is 3. The maximum absolute atomic E-state index is 13.5. The van der Waals surface area contributed by atoms with E-state index in [1.807, 2.05) is 35.2 Å². The summed E-state index contributed by atoms with van der Waals surface area (Å²) in [6, 6.07) is 13.9. The van der Waals surface area contributed by atoms with Crippen LogP contribution in [-0.4, -0.2) is 38.7 Å². The van der Waals surface area contributed by atoms with Gasteiger partial charge in [0.2, 0.25) is 5.91 Å². The van der Waals surface area contributed by atoms with Crippen molar-refractivity contribution in [2.24, 2.45) is 11.8 Å². The number of H-pyrrole nitrogens is 1. The van der Waals surface area contributed by atoms with Crippen molar-refractivity contribution in [3.05, 3.63) is 70.7 Å². The average molecular weight is 406 g/mol. The molecule has 0 spiro atoms. The normalized spacial score (nSPS) is 18.7. The molecule has 5 rings (SSSR count). The van der Waals surface area contributed by atoms with Gasteiger partial charge in [0.15, 0.2) is 0 Å². The molecule has 2 aliphatic rings. The Balaban J connectivity index is 1.34. The van der Waals surface area contributed by atoms with Crippen molar-refractivity contribution in [3.63, 3.8) is 0 Å². The lowest BCUT2D eigenvalue weighted by atomic mass is 10.0. The van der Waals surface area contributed by atoms with Crippen molar-refractivity contribution >= 4 is 5.91 Å². The minimum absolute atomic E-state index is 0.240. The van der Waals surface area contributed by atoms with E-state index in [2.05, 4.69) is 10.2 Å². The van der Waals surface area contributed by atoms with E-state index < -0.39 is 0 Å². The average Bonchev–Trinajstić information content (AvgIpc) is 3.40. The summed E-state index contributed by atoms with van der Waals surface area (Å²) >= 11 is 0. The van der Waals surface area contributed by atoms with Crippen LogP contribution in [0.5, 0.6) is 0 Å². The maximum Gasteiger partial charge on any atom is 0.347 e. The topological polar surface area (TPSA) is 71.0 Å². The van der Waals surface area contributed by atoms with Crippen LogP contribution in [0.2, 0.25) is 0 Å². The number of nitrogens with one attached hydrogen (secondary N) is 1. The molecule has 1 aliphatic carbocycles. The molecule has 2 fully saturated rings. The van der Waals surface area contributed by atoms with Gasteiger partial charge in [-0.2, -0.15) is 5.10 Å². The van der Waals surface area contributed by atoms with Gasteiger partial charge in [0, 0.05) is 25.4 Å². The van der Waals surface area contributed by atoms with Gasteiger partial charge in [-0.3, -0.25) is 4.79 Å². The Kier molecular flexibility index (Phi) is 4.73. The monoisotopic (exact) mass is 406 g/mol. The van der Waals surface area contributed by atoms with Crippen LogP contribution in [0.25, 0.3) is 16.8 Å². The Morgan fingerprint density at radius 2 is 1.90 bits per heavy atom. The van der Waals surface area contributed by atoms with Crippen LogP contribution in [0.3, 0.4) is 0 Å². The van der Waals surface area contributed by atoms with E-state index in [4.69, 9.17) is 0 Å². The van der Waals surface area contributed by atoms with Crippen LogP contribution >= 0.6 is 0 Å². The molecule has 1 saturated heterocycles. The van der Waals surface area contributed by atoms with Crippen LogP contribution in [0.15, 0.2) is 53.3 Å². The van der Waals surface area contributed by atoms with Gasteiger partial charge in [-0.15, -0.1) is 0 Å². The second-order valence-corrected chi connectivity index (χ2v) is 8.25. The lowest BCUT2D eigenvalue weighted by Crippen LogP contribution is -2.30. The summed E-state index contributed by atoms with van der Waals surface area (Å²) in [4.78, 5) is 26.7. The second-order valence-electron chi connectivity index (χ2n) is 8.25. The molecule has 0 unspecified atom stereocenters. The molecule has 2 aromatic carbocycles. The Labute approximate surface area is 173 Å². The van der Waals surface area contributed by atoms with E-state index in [0.29, 0.717) is 23.9 Å². The predicted molar refractivity (Wildman–Crippen MR) is 111 cm³/mol. The lowest BCUT2D eigenvalue weighted by Gasteiger charge is -2.16. The zero-order valence-electron chi connectivity index (χ0n) is 16.6. The number of likely N-dealkylation sites (tertiary alicyclic amines) is 1. The van der Waals surface area contributed by atoms with Gasteiger partial charge in [-0.05, 0) is 60.6 Å². The van der Waals surface area contributed by atoms with E-state index in [9.17, 15) is 14.0 Å². The summed E-state index contributed by atoms with van der Waals surface area (Å²) in [6.45, 7) is 1.52. The van der Waals surface area contributed by atoms with Gasteiger partial charge in [0.05, 0.1) is 5.69 Å². The van der Waals surface area contributed by atoms with Crippen LogP contribution in [0.4, 0.5) is 4.39 Å². The predicted octanol–water partition coefficient (Wildman–Crippen LogP) is 3.17. The highest BCUT2D eigenvalue weighted by Crippen LogP contribution is 2.33. The third-order valence-electron chi connectivity index (χ3n) is 6.02. The van der Waals surface area contributed by atoms with Crippen molar-refractivity contribution < 1.29 is 9.18 Å². The highest BCUT2D eigenvalue weighted by Gasteiger charge is 2.36. The molecule has 1 amide bonds. The number of amides is 1. The summed E-state index contributed by atoms with van der Waals surface area (Å²) in [5.74, 6) is 1.21. The molecule has 0 radical (unpaired) electrons. The second kappa shape index (κ2) is 7.55. The summed E-state index contributed by atoms with van der Waals surface area (Å²) < 4.78 is 15.1. The van der Waals surface area contributed by atoms with Crippen LogP contribution in [0.1, 0.15) is 25.1 Å². The molecule has 0 bridgehead atoms. The van der Waals surface area contributed by atoms with Gasteiger partial charge in [0.1, 0.15) is 11.6 Å².